The van der Waals surface area contributed by atoms with Gasteiger partial charge in [0.05, 0.1) is 11.0 Å². The molecule has 1 aromatic carbocycles. The van der Waals surface area contributed by atoms with Gasteiger partial charge in [-0.15, -0.1) is 0 Å². The highest BCUT2D eigenvalue weighted by atomic mass is 16.2. The molecule has 0 bridgehead atoms. The molecule has 0 unspecified atom stereocenters. The Hall–Kier alpha value is -2.17. The van der Waals surface area contributed by atoms with Gasteiger partial charge < -0.3 is 9.88 Å². The zero-order valence-electron chi connectivity index (χ0n) is 15.0. The van der Waals surface area contributed by atoms with Crippen molar-refractivity contribution in [1.82, 2.24) is 14.9 Å². The van der Waals surface area contributed by atoms with Crippen LogP contribution in [0.2, 0.25) is 0 Å². The lowest BCUT2D eigenvalue weighted by atomic mass is 9.96. The van der Waals surface area contributed by atoms with E-state index < -0.39 is 0 Å². The molecular weight excluding hydrogens is 314 g/mol. The van der Waals surface area contributed by atoms with Crippen LogP contribution in [0.1, 0.15) is 57.1 Å². The standard InChI is InChI=1S/C20H27N3O2/c1-15-20(25)23(18-12-8-7-11-17(18)21-15)14-13-19(24)22-16-9-5-3-2-4-6-10-16/h7-8,11-12,16H,2-6,9-10,13-14H2,1H3,(H,22,24). The number of fused-ring (bicyclic) bond motifs is 1. The van der Waals surface area contributed by atoms with Gasteiger partial charge in [0.1, 0.15) is 5.69 Å². The molecular formula is C20H27N3O2. The molecule has 1 aliphatic carbocycles. The second-order valence-corrected chi connectivity index (χ2v) is 7.00. The van der Waals surface area contributed by atoms with Crippen molar-refractivity contribution >= 4 is 16.9 Å². The van der Waals surface area contributed by atoms with E-state index in [1.54, 1.807) is 11.5 Å². The minimum atomic E-state index is -0.113. The Morgan fingerprint density at radius 1 is 1.16 bits per heavy atom. The van der Waals surface area contributed by atoms with Crippen LogP contribution in [0.3, 0.4) is 0 Å². The first-order chi connectivity index (χ1) is 12.1. The summed E-state index contributed by atoms with van der Waals surface area (Å²) < 4.78 is 1.68. The maximum absolute atomic E-state index is 12.4. The first-order valence-electron chi connectivity index (χ1n) is 9.40. The Morgan fingerprint density at radius 2 is 1.84 bits per heavy atom. The summed E-state index contributed by atoms with van der Waals surface area (Å²) >= 11 is 0. The van der Waals surface area contributed by atoms with E-state index in [1.165, 1.54) is 32.1 Å². The monoisotopic (exact) mass is 341 g/mol. The van der Waals surface area contributed by atoms with Gasteiger partial charge in [-0.05, 0) is 31.9 Å². The van der Waals surface area contributed by atoms with Crippen molar-refractivity contribution in [1.29, 1.82) is 0 Å². The lowest BCUT2D eigenvalue weighted by molar-refractivity contribution is -0.122. The Morgan fingerprint density at radius 3 is 2.60 bits per heavy atom. The summed E-state index contributed by atoms with van der Waals surface area (Å²) in [6.45, 7) is 2.11. The molecule has 5 heteroatoms. The van der Waals surface area contributed by atoms with Crippen LogP contribution in [0.25, 0.3) is 11.0 Å². The Labute approximate surface area is 148 Å². The molecule has 5 nitrogen and oxygen atoms in total. The smallest absolute Gasteiger partial charge is 0.272 e. The van der Waals surface area contributed by atoms with Gasteiger partial charge in [0.15, 0.2) is 0 Å². The lowest BCUT2D eigenvalue weighted by Crippen LogP contribution is -2.36. The molecule has 134 valence electrons. The van der Waals surface area contributed by atoms with Crippen LogP contribution in [-0.4, -0.2) is 21.5 Å². The number of aromatic nitrogens is 2. The molecule has 1 amide bonds. The highest BCUT2D eigenvalue weighted by Crippen LogP contribution is 2.17. The average Bonchev–Trinajstić information content (AvgIpc) is 2.57. The second kappa shape index (κ2) is 8.28. The topological polar surface area (TPSA) is 64.0 Å². The third-order valence-electron chi connectivity index (χ3n) is 5.05. The quantitative estimate of drug-likeness (QED) is 0.928. The maximum atomic E-state index is 12.4. The van der Waals surface area contributed by atoms with Gasteiger partial charge in [-0.1, -0.05) is 44.2 Å². The van der Waals surface area contributed by atoms with Gasteiger partial charge in [-0.25, -0.2) is 4.98 Å². The number of nitrogens with zero attached hydrogens (tertiary/aromatic N) is 2. The molecule has 25 heavy (non-hydrogen) atoms. The number of amides is 1. The molecule has 1 aliphatic rings. The van der Waals surface area contributed by atoms with Crippen LogP contribution in [0, 0.1) is 6.92 Å². The third kappa shape index (κ3) is 4.47. The van der Waals surface area contributed by atoms with E-state index in [2.05, 4.69) is 10.3 Å². The predicted molar refractivity (Wildman–Crippen MR) is 99.6 cm³/mol. The number of rotatable bonds is 4. The van der Waals surface area contributed by atoms with Crippen molar-refractivity contribution in [2.75, 3.05) is 0 Å². The van der Waals surface area contributed by atoms with E-state index in [9.17, 15) is 9.59 Å². The number of nitrogens with one attached hydrogen (secondary N) is 1. The molecule has 3 rings (SSSR count). The fourth-order valence-corrected chi connectivity index (χ4v) is 3.66. The summed E-state index contributed by atoms with van der Waals surface area (Å²) in [7, 11) is 0. The van der Waals surface area contributed by atoms with Crippen LogP contribution in [0.4, 0.5) is 0 Å². The molecule has 1 aromatic heterocycles. The third-order valence-corrected chi connectivity index (χ3v) is 5.05. The molecule has 1 heterocycles. The van der Waals surface area contributed by atoms with Crippen molar-refractivity contribution in [3.8, 4) is 0 Å². The van der Waals surface area contributed by atoms with Crippen molar-refractivity contribution in [2.45, 2.75) is 70.9 Å². The van der Waals surface area contributed by atoms with E-state index in [0.717, 1.165) is 23.9 Å². The number of carbonyl (C=O) groups is 1. The molecule has 0 spiro atoms. The summed E-state index contributed by atoms with van der Waals surface area (Å²) in [5.74, 6) is 0.0380. The summed E-state index contributed by atoms with van der Waals surface area (Å²) in [6.07, 6.45) is 8.71. The van der Waals surface area contributed by atoms with Crippen LogP contribution >= 0.6 is 0 Å². The number of para-hydroxylation sites is 2. The van der Waals surface area contributed by atoms with E-state index in [1.807, 2.05) is 24.3 Å². The Kier molecular flexibility index (Phi) is 5.84. The molecule has 1 saturated carbocycles. The fourth-order valence-electron chi connectivity index (χ4n) is 3.66. The highest BCUT2D eigenvalue weighted by Gasteiger charge is 2.15. The number of benzene rings is 1. The Bertz CT molecular complexity index is 789. The van der Waals surface area contributed by atoms with E-state index in [4.69, 9.17) is 0 Å². The summed E-state index contributed by atoms with van der Waals surface area (Å²) in [5, 5.41) is 3.17. The van der Waals surface area contributed by atoms with Crippen molar-refractivity contribution in [3.05, 3.63) is 40.3 Å². The molecule has 1 fully saturated rings. The Balaban J connectivity index is 1.67. The van der Waals surface area contributed by atoms with Gasteiger partial charge in [-0.2, -0.15) is 0 Å². The lowest BCUT2D eigenvalue weighted by Gasteiger charge is -2.21. The highest BCUT2D eigenvalue weighted by molar-refractivity contribution is 5.77. The van der Waals surface area contributed by atoms with Crippen molar-refractivity contribution in [2.24, 2.45) is 0 Å². The van der Waals surface area contributed by atoms with Gasteiger partial charge in [0.25, 0.3) is 5.56 Å². The summed E-state index contributed by atoms with van der Waals surface area (Å²) in [6, 6.07) is 7.87. The van der Waals surface area contributed by atoms with E-state index in [0.29, 0.717) is 24.7 Å². The second-order valence-electron chi connectivity index (χ2n) is 7.00. The van der Waals surface area contributed by atoms with Crippen molar-refractivity contribution < 1.29 is 4.79 Å². The molecule has 1 N–H and O–H groups in total. The van der Waals surface area contributed by atoms with E-state index >= 15 is 0 Å². The van der Waals surface area contributed by atoms with Gasteiger partial charge in [0.2, 0.25) is 5.91 Å². The van der Waals surface area contributed by atoms with Gasteiger partial charge in [-0.3, -0.25) is 9.59 Å². The molecule has 0 aliphatic heterocycles. The first-order valence-corrected chi connectivity index (χ1v) is 9.40. The fraction of sp³-hybridized carbons (Fsp3) is 0.550. The first kappa shape index (κ1) is 17.6. The minimum absolute atomic E-state index is 0.0380. The van der Waals surface area contributed by atoms with E-state index in [-0.39, 0.29) is 11.5 Å². The minimum Gasteiger partial charge on any atom is -0.353 e. The van der Waals surface area contributed by atoms with Crippen molar-refractivity contribution in [3.63, 3.8) is 0 Å². The number of hydrogen-bond donors (Lipinski definition) is 1. The normalized spacial score (nSPS) is 16.4. The number of hydrogen-bond acceptors (Lipinski definition) is 3. The molecule has 0 saturated heterocycles. The zero-order valence-corrected chi connectivity index (χ0v) is 15.0. The zero-order chi connectivity index (χ0) is 17.6. The van der Waals surface area contributed by atoms with Crippen LogP contribution < -0.4 is 10.9 Å². The van der Waals surface area contributed by atoms with Crippen LogP contribution in [0.5, 0.6) is 0 Å². The van der Waals surface area contributed by atoms with Gasteiger partial charge >= 0.3 is 0 Å². The largest absolute Gasteiger partial charge is 0.353 e. The summed E-state index contributed by atoms with van der Waals surface area (Å²) in [5.41, 5.74) is 1.94. The maximum Gasteiger partial charge on any atom is 0.272 e. The predicted octanol–water partition coefficient (Wildman–Crippen LogP) is 3.32. The molecule has 0 atom stereocenters. The van der Waals surface area contributed by atoms with Crippen LogP contribution in [0.15, 0.2) is 29.1 Å². The molecule has 0 radical (unpaired) electrons. The molecule has 2 aromatic rings. The average molecular weight is 341 g/mol. The van der Waals surface area contributed by atoms with Crippen LogP contribution in [-0.2, 0) is 11.3 Å². The SMILES string of the molecule is Cc1nc2ccccc2n(CCC(=O)NC2CCCCCCC2)c1=O. The summed E-state index contributed by atoms with van der Waals surface area (Å²) in [4.78, 5) is 29.2. The van der Waals surface area contributed by atoms with Gasteiger partial charge in [0, 0.05) is 19.0 Å². The number of carbonyl (C=O) groups excluding carboxylic acids is 1. The number of aryl methyl sites for hydroxylation is 2.